The molecule has 3 N–H and O–H groups in total. The number of nitrogens with one attached hydrogen (secondary N) is 1. The average Bonchev–Trinajstić information content (AvgIpc) is 2.91. The predicted octanol–water partition coefficient (Wildman–Crippen LogP) is 3.44. The summed E-state index contributed by atoms with van der Waals surface area (Å²) in [5.74, 6) is -0.547. The second-order valence-electron chi connectivity index (χ2n) is 6.63. The van der Waals surface area contributed by atoms with Crippen LogP contribution in [0.25, 0.3) is 0 Å². The molecule has 0 saturated carbocycles. The number of rotatable bonds is 4. The lowest BCUT2D eigenvalue weighted by atomic mass is 9.88. The molecule has 136 valence electrons. The van der Waals surface area contributed by atoms with Gasteiger partial charge in [-0.3, -0.25) is 19.7 Å². The number of nitrogens with two attached hydrogens (primary N) is 1. The smallest absolute Gasteiger partial charge is 0.273 e. The topological polar surface area (TPSA) is 115 Å². The van der Waals surface area contributed by atoms with Crippen LogP contribution in [0.1, 0.15) is 50.1 Å². The number of thiophene rings is 1. The number of nitro benzene ring substituents is 1. The third kappa shape index (κ3) is 3.32. The Hall–Kier alpha value is -2.74. The zero-order chi connectivity index (χ0) is 19.0. The van der Waals surface area contributed by atoms with Gasteiger partial charge < -0.3 is 11.1 Å². The summed E-state index contributed by atoms with van der Waals surface area (Å²) in [5.41, 5.74) is 7.36. The number of nitro groups is 1. The van der Waals surface area contributed by atoms with E-state index < -0.39 is 16.7 Å². The molecule has 0 aliphatic heterocycles. The van der Waals surface area contributed by atoms with E-state index in [0.717, 1.165) is 29.7 Å². The lowest BCUT2D eigenvalue weighted by Gasteiger charge is -2.18. The SMILES string of the molecule is Cc1ccc(C(=O)Nc2sc3c(c2C(N)=O)CC[C@@H](C)C3)cc1[N+](=O)[O-]. The molecule has 1 aromatic carbocycles. The number of carbonyl (C=O) groups is 2. The maximum absolute atomic E-state index is 12.6. The minimum Gasteiger partial charge on any atom is -0.365 e. The maximum atomic E-state index is 12.6. The van der Waals surface area contributed by atoms with Crippen molar-refractivity contribution in [2.75, 3.05) is 5.32 Å². The number of anilines is 1. The number of primary amides is 1. The van der Waals surface area contributed by atoms with Crippen LogP contribution in [0.15, 0.2) is 18.2 Å². The van der Waals surface area contributed by atoms with Crippen LogP contribution in [0.3, 0.4) is 0 Å². The molecule has 7 nitrogen and oxygen atoms in total. The van der Waals surface area contributed by atoms with Gasteiger partial charge >= 0.3 is 0 Å². The van der Waals surface area contributed by atoms with E-state index in [-0.39, 0.29) is 11.3 Å². The highest BCUT2D eigenvalue weighted by Gasteiger charge is 2.27. The number of carbonyl (C=O) groups excluding carboxylic acids is 2. The third-order valence-corrected chi connectivity index (χ3v) is 5.82. The Labute approximate surface area is 154 Å². The van der Waals surface area contributed by atoms with Gasteiger partial charge in [0.25, 0.3) is 17.5 Å². The first-order chi connectivity index (χ1) is 12.3. The molecule has 26 heavy (non-hydrogen) atoms. The number of benzene rings is 1. The van der Waals surface area contributed by atoms with Gasteiger partial charge in [0, 0.05) is 22.1 Å². The van der Waals surface area contributed by atoms with Gasteiger partial charge in [0.1, 0.15) is 5.00 Å². The molecule has 0 saturated heterocycles. The monoisotopic (exact) mass is 373 g/mol. The van der Waals surface area contributed by atoms with Gasteiger partial charge in [-0.2, -0.15) is 0 Å². The van der Waals surface area contributed by atoms with E-state index in [2.05, 4.69) is 12.2 Å². The van der Waals surface area contributed by atoms with Gasteiger partial charge in [-0.25, -0.2) is 0 Å². The molecule has 1 heterocycles. The normalized spacial score (nSPS) is 16.0. The zero-order valence-electron chi connectivity index (χ0n) is 14.5. The zero-order valence-corrected chi connectivity index (χ0v) is 15.3. The first-order valence-corrected chi connectivity index (χ1v) is 9.10. The minimum atomic E-state index is -0.567. The lowest BCUT2D eigenvalue weighted by Crippen LogP contribution is -2.19. The van der Waals surface area contributed by atoms with Crippen molar-refractivity contribution in [3.05, 3.63) is 55.4 Å². The number of nitrogens with zero attached hydrogens (tertiary/aromatic N) is 1. The van der Waals surface area contributed by atoms with Crippen LogP contribution in [0.4, 0.5) is 10.7 Å². The Kier molecular flexibility index (Phi) is 4.78. The fourth-order valence-electron chi connectivity index (χ4n) is 3.22. The predicted molar refractivity (Wildman–Crippen MR) is 99.8 cm³/mol. The van der Waals surface area contributed by atoms with E-state index >= 15 is 0 Å². The van der Waals surface area contributed by atoms with Crippen LogP contribution < -0.4 is 11.1 Å². The highest BCUT2D eigenvalue weighted by atomic mass is 32.1. The summed E-state index contributed by atoms with van der Waals surface area (Å²) in [6, 6.07) is 4.30. The quantitative estimate of drug-likeness (QED) is 0.631. The molecule has 2 aromatic rings. The van der Waals surface area contributed by atoms with Crippen molar-refractivity contribution in [1.29, 1.82) is 0 Å². The van der Waals surface area contributed by atoms with Crippen molar-refractivity contribution < 1.29 is 14.5 Å². The van der Waals surface area contributed by atoms with Crippen molar-refractivity contribution in [2.45, 2.75) is 33.1 Å². The van der Waals surface area contributed by atoms with E-state index in [9.17, 15) is 19.7 Å². The van der Waals surface area contributed by atoms with Gasteiger partial charge in [0.15, 0.2) is 0 Å². The van der Waals surface area contributed by atoms with E-state index in [4.69, 9.17) is 5.73 Å². The van der Waals surface area contributed by atoms with E-state index in [0.29, 0.717) is 22.0 Å². The summed E-state index contributed by atoms with van der Waals surface area (Å²) >= 11 is 1.36. The Morgan fingerprint density at radius 2 is 2.12 bits per heavy atom. The largest absolute Gasteiger partial charge is 0.365 e. The molecule has 3 rings (SSSR count). The van der Waals surface area contributed by atoms with Gasteiger partial charge in [0.2, 0.25) is 0 Å². The van der Waals surface area contributed by atoms with Crippen molar-refractivity contribution in [1.82, 2.24) is 0 Å². The van der Waals surface area contributed by atoms with Crippen molar-refractivity contribution in [2.24, 2.45) is 11.7 Å². The van der Waals surface area contributed by atoms with E-state index in [1.54, 1.807) is 6.92 Å². The van der Waals surface area contributed by atoms with Gasteiger partial charge in [-0.05, 0) is 43.7 Å². The minimum absolute atomic E-state index is 0.118. The van der Waals surface area contributed by atoms with Gasteiger partial charge in [-0.15, -0.1) is 11.3 Å². The van der Waals surface area contributed by atoms with Crippen LogP contribution >= 0.6 is 11.3 Å². The van der Waals surface area contributed by atoms with Gasteiger partial charge in [0.05, 0.1) is 10.5 Å². The van der Waals surface area contributed by atoms with Crippen LogP contribution in [-0.4, -0.2) is 16.7 Å². The number of hydrogen-bond acceptors (Lipinski definition) is 5. The molecule has 8 heteroatoms. The molecule has 1 aromatic heterocycles. The third-order valence-electron chi connectivity index (χ3n) is 4.65. The summed E-state index contributed by atoms with van der Waals surface area (Å²) in [5, 5.41) is 14.2. The second-order valence-corrected chi connectivity index (χ2v) is 7.74. The van der Waals surface area contributed by atoms with Crippen molar-refractivity contribution in [3.8, 4) is 0 Å². The van der Waals surface area contributed by atoms with Crippen molar-refractivity contribution >= 4 is 33.8 Å². The number of amides is 2. The standard InChI is InChI=1S/C18H19N3O4S/c1-9-3-6-12-14(7-9)26-18(15(12)16(19)22)20-17(23)11-5-4-10(2)13(8-11)21(24)25/h4-5,8-9H,3,6-7H2,1-2H3,(H2,19,22)(H,20,23)/t9-/m1/s1. The molecule has 1 atom stereocenters. The highest BCUT2D eigenvalue weighted by molar-refractivity contribution is 7.17. The summed E-state index contributed by atoms with van der Waals surface area (Å²) in [6.07, 6.45) is 2.59. The molecular weight excluding hydrogens is 354 g/mol. The molecule has 0 bridgehead atoms. The summed E-state index contributed by atoms with van der Waals surface area (Å²) < 4.78 is 0. The van der Waals surface area contributed by atoms with Gasteiger partial charge in [-0.1, -0.05) is 13.0 Å². The van der Waals surface area contributed by atoms with Crippen molar-refractivity contribution in [3.63, 3.8) is 0 Å². The fraction of sp³-hybridized carbons (Fsp3) is 0.333. The fourth-order valence-corrected chi connectivity index (χ4v) is 4.63. The Balaban J connectivity index is 1.94. The summed E-state index contributed by atoms with van der Waals surface area (Å²) in [7, 11) is 0. The molecule has 0 unspecified atom stereocenters. The van der Waals surface area contributed by atoms with Crippen LogP contribution in [0.2, 0.25) is 0 Å². The first-order valence-electron chi connectivity index (χ1n) is 8.28. The molecule has 1 aliphatic rings. The molecule has 0 fully saturated rings. The summed E-state index contributed by atoms with van der Waals surface area (Å²) in [6.45, 7) is 3.76. The Morgan fingerprint density at radius 1 is 1.38 bits per heavy atom. The Bertz CT molecular complexity index is 919. The number of hydrogen-bond donors (Lipinski definition) is 2. The van der Waals surface area contributed by atoms with Crippen LogP contribution in [0, 0.1) is 23.0 Å². The second kappa shape index (κ2) is 6.87. The summed E-state index contributed by atoms with van der Waals surface area (Å²) in [4.78, 5) is 36.1. The highest BCUT2D eigenvalue weighted by Crippen LogP contribution is 2.39. The number of fused-ring (bicyclic) bond motifs is 1. The molecule has 2 amide bonds. The first kappa shape index (κ1) is 18.1. The van der Waals surface area contributed by atoms with E-state index in [1.165, 1.54) is 29.5 Å². The number of aryl methyl sites for hydroxylation is 1. The van der Waals surface area contributed by atoms with Crippen LogP contribution in [0.5, 0.6) is 0 Å². The maximum Gasteiger partial charge on any atom is 0.273 e. The Morgan fingerprint density at radius 3 is 2.77 bits per heavy atom. The average molecular weight is 373 g/mol. The molecular formula is C18H19N3O4S. The lowest BCUT2D eigenvalue weighted by molar-refractivity contribution is -0.385. The molecule has 0 radical (unpaired) electrons. The molecule has 0 spiro atoms. The molecule has 1 aliphatic carbocycles. The van der Waals surface area contributed by atoms with E-state index in [1.807, 2.05) is 0 Å². The van der Waals surface area contributed by atoms with Crippen LogP contribution in [-0.2, 0) is 12.8 Å².